The van der Waals surface area contributed by atoms with E-state index in [1.807, 2.05) is 0 Å². The van der Waals surface area contributed by atoms with Crippen molar-refractivity contribution in [2.45, 2.75) is 0 Å². The first-order valence-corrected chi connectivity index (χ1v) is 7.75. The molecule has 1 aromatic heterocycles. The van der Waals surface area contributed by atoms with Crippen LogP contribution in [0.25, 0.3) is 11.0 Å². The van der Waals surface area contributed by atoms with Gasteiger partial charge in [-0.2, -0.15) is 0 Å². The Kier molecular flexibility index (Phi) is 3.89. The fraction of sp³-hybridized carbons (Fsp3) is 0.105. The van der Waals surface area contributed by atoms with Gasteiger partial charge in [-0.15, -0.1) is 0 Å². The summed E-state index contributed by atoms with van der Waals surface area (Å²) in [6, 6.07) is 12.8. The lowest BCUT2D eigenvalue weighted by atomic mass is 10.1. The van der Waals surface area contributed by atoms with E-state index in [4.69, 9.17) is 18.6 Å². The molecule has 0 aliphatic carbocycles. The first-order chi connectivity index (χ1) is 12.6. The first-order valence-electron chi connectivity index (χ1n) is 7.75. The largest absolute Gasteiger partial charge is 0.454 e. The lowest BCUT2D eigenvalue weighted by Crippen LogP contribution is -2.20. The van der Waals surface area contributed by atoms with Gasteiger partial charge in [-0.1, -0.05) is 18.2 Å². The molecule has 4 rings (SSSR count). The van der Waals surface area contributed by atoms with Crippen LogP contribution in [0.15, 0.2) is 57.7 Å². The molecular weight excluding hydrogens is 340 g/mol. The van der Waals surface area contributed by atoms with E-state index in [1.54, 1.807) is 36.4 Å². The third kappa shape index (κ3) is 2.90. The molecule has 130 valence electrons. The smallest absolute Gasteiger partial charge is 0.351 e. The molecule has 0 bridgehead atoms. The van der Waals surface area contributed by atoms with Crippen LogP contribution < -0.4 is 15.1 Å². The summed E-state index contributed by atoms with van der Waals surface area (Å²) in [6.45, 7) is -0.412. The minimum absolute atomic E-state index is 0.0969. The van der Waals surface area contributed by atoms with Crippen LogP contribution in [0, 0.1) is 0 Å². The van der Waals surface area contributed by atoms with Crippen LogP contribution in [0.3, 0.4) is 0 Å². The summed E-state index contributed by atoms with van der Waals surface area (Å²) >= 11 is 0. The number of para-hydroxylation sites is 1. The second-order valence-corrected chi connectivity index (χ2v) is 5.55. The summed E-state index contributed by atoms with van der Waals surface area (Å²) in [4.78, 5) is 36.3. The minimum atomic E-state index is -0.918. The van der Waals surface area contributed by atoms with E-state index in [1.165, 1.54) is 12.1 Å². The average molecular weight is 352 g/mol. The van der Waals surface area contributed by atoms with Gasteiger partial charge in [0.1, 0.15) is 11.1 Å². The van der Waals surface area contributed by atoms with Crippen molar-refractivity contribution < 1.29 is 28.2 Å². The summed E-state index contributed by atoms with van der Waals surface area (Å²) in [7, 11) is 0. The number of Topliss-reactive ketones (excluding diaryl/α,β-unsaturated/α-hetero) is 1. The SMILES string of the molecule is O=C(COC(=O)c1cc2ccccc2oc1=O)c1ccc2c(c1)OCO2. The standard InChI is InChI=1S/C19H12O7/c20-14(11-5-6-16-17(8-11)25-10-24-16)9-23-18(21)13-7-12-3-1-2-4-15(12)26-19(13)22/h1-8H,9-10H2. The fourth-order valence-electron chi connectivity index (χ4n) is 2.57. The molecular formula is C19H12O7. The molecule has 0 spiro atoms. The predicted octanol–water partition coefficient (Wildman–Crippen LogP) is 2.56. The molecule has 0 radical (unpaired) electrons. The Balaban J connectivity index is 1.49. The molecule has 2 heterocycles. The highest BCUT2D eigenvalue weighted by molar-refractivity contribution is 6.00. The Morgan fingerprint density at radius 3 is 2.69 bits per heavy atom. The van der Waals surface area contributed by atoms with Crippen LogP contribution in [-0.4, -0.2) is 25.2 Å². The van der Waals surface area contributed by atoms with Crippen LogP contribution in [0.1, 0.15) is 20.7 Å². The molecule has 2 aromatic carbocycles. The summed E-state index contributed by atoms with van der Waals surface area (Å²) in [5.74, 6) is -0.343. The monoisotopic (exact) mass is 352 g/mol. The normalized spacial score (nSPS) is 12.2. The Labute approximate surface area is 146 Å². The Hall–Kier alpha value is -3.61. The van der Waals surface area contributed by atoms with E-state index in [0.29, 0.717) is 28.0 Å². The lowest BCUT2D eigenvalue weighted by molar-refractivity contribution is 0.0470. The number of fused-ring (bicyclic) bond motifs is 2. The van der Waals surface area contributed by atoms with Crippen molar-refractivity contribution in [2.75, 3.05) is 13.4 Å². The molecule has 0 amide bonds. The van der Waals surface area contributed by atoms with Crippen molar-refractivity contribution in [1.29, 1.82) is 0 Å². The van der Waals surface area contributed by atoms with Gasteiger partial charge in [-0.25, -0.2) is 9.59 Å². The van der Waals surface area contributed by atoms with Gasteiger partial charge in [0, 0.05) is 10.9 Å². The number of ether oxygens (including phenoxy) is 3. The molecule has 7 heteroatoms. The summed E-state index contributed by atoms with van der Waals surface area (Å²) in [6.07, 6.45) is 0. The Morgan fingerprint density at radius 2 is 1.81 bits per heavy atom. The van der Waals surface area contributed by atoms with E-state index in [9.17, 15) is 14.4 Å². The highest BCUT2D eigenvalue weighted by atomic mass is 16.7. The molecule has 0 N–H and O–H groups in total. The molecule has 7 nitrogen and oxygen atoms in total. The summed E-state index contributed by atoms with van der Waals surface area (Å²) in [5, 5.41) is 0.584. The van der Waals surface area contributed by atoms with Crippen molar-refractivity contribution in [3.63, 3.8) is 0 Å². The first kappa shape index (κ1) is 15.9. The topological polar surface area (TPSA) is 92.0 Å². The number of hydrogen-bond acceptors (Lipinski definition) is 7. The third-order valence-electron chi connectivity index (χ3n) is 3.89. The lowest BCUT2D eigenvalue weighted by Gasteiger charge is -2.05. The Morgan fingerprint density at radius 1 is 1.00 bits per heavy atom. The van der Waals surface area contributed by atoms with Gasteiger partial charge in [-0.05, 0) is 30.3 Å². The van der Waals surface area contributed by atoms with E-state index >= 15 is 0 Å². The van der Waals surface area contributed by atoms with Gasteiger partial charge in [0.05, 0.1) is 0 Å². The van der Waals surface area contributed by atoms with Crippen molar-refractivity contribution in [2.24, 2.45) is 0 Å². The van der Waals surface area contributed by atoms with Gasteiger partial charge in [0.15, 0.2) is 23.9 Å². The molecule has 0 fully saturated rings. The number of carbonyl (C=O) groups excluding carboxylic acids is 2. The van der Waals surface area contributed by atoms with Crippen LogP contribution in [-0.2, 0) is 4.74 Å². The highest BCUT2D eigenvalue weighted by Crippen LogP contribution is 2.32. The quantitative estimate of drug-likeness (QED) is 0.405. The van der Waals surface area contributed by atoms with Gasteiger partial charge in [-0.3, -0.25) is 4.79 Å². The number of rotatable bonds is 4. The molecule has 0 atom stereocenters. The van der Waals surface area contributed by atoms with Crippen molar-refractivity contribution >= 4 is 22.7 Å². The summed E-state index contributed by atoms with van der Waals surface area (Å²) < 4.78 is 20.4. The number of hydrogen-bond donors (Lipinski definition) is 0. The van der Waals surface area contributed by atoms with Crippen LogP contribution in [0.2, 0.25) is 0 Å². The van der Waals surface area contributed by atoms with Gasteiger partial charge < -0.3 is 18.6 Å². The van der Waals surface area contributed by atoms with Crippen LogP contribution in [0.5, 0.6) is 11.5 Å². The summed E-state index contributed by atoms with van der Waals surface area (Å²) in [5.41, 5.74) is -0.399. The molecule has 26 heavy (non-hydrogen) atoms. The van der Waals surface area contributed by atoms with Crippen molar-refractivity contribution in [3.05, 3.63) is 70.1 Å². The zero-order valence-corrected chi connectivity index (χ0v) is 13.4. The molecule has 3 aromatic rings. The maximum absolute atomic E-state index is 12.2. The van der Waals surface area contributed by atoms with Crippen LogP contribution in [0.4, 0.5) is 0 Å². The Bertz CT molecular complexity index is 1080. The van der Waals surface area contributed by atoms with E-state index in [-0.39, 0.29) is 12.4 Å². The predicted molar refractivity (Wildman–Crippen MR) is 89.7 cm³/mol. The second kappa shape index (κ2) is 6.36. The molecule has 1 aliphatic rings. The van der Waals surface area contributed by atoms with Crippen LogP contribution >= 0.6 is 0 Å². The number of ketones is 1. The van der Waals surface area contributed by atoms with Gasteiger partial charge in [0.25, 0.3) is 0 Å². The maximum Gasteiger partial charge on any atom is 0.351 e. The zero-order chi connectivity index (χ0) is 18.1. The minimum Gasteiger partial charge on any atom is -0.454 e. The van der Waals surface area contributed by atoms with Gasteiger partial charge >= 0.3 is 11.6 Å². The third-order valence-corrected chi connectivity index (χ3v) is 3.89. The molecule has 1 aliphatic heterocycles. The maximum atomic E-state index is 12.2. The molecule has 0 saturated carbocycles. The average Bonchev–Trinajstić information content (AvgIpc) is 3.13. The fourth-order valence-corrected chi connectivity index (χ4v) is 2.57. The zero-order valence-electron chi connectivity index (χ0n) is 13.4. The van der Waals surface area contributed by atoms with E-state index < -0.39 is 24.0 Å². The van der Waals surface area contributed by atoms with Crippen molar-refractivity contribution in [1.82, 2.24) is 0 Å². The molecule has 0 unspecified atom stereocenters. The number of esters is 1. The number of benzene rings is 2. The van der Waals surface area contributed by atoms with Gasteiger partial charge in [0.2, 0.25) is 6.79 Å². The van der Waals surface area contributed by atoms with E-state index in [2.05, 4.69) is 0 Å². The highest BCUT2D eigenvalue weighted by Gasteiger charge is 2.19. The van der Waals surface area contributed by atoms with E-state index in [0.717, 1.165) is 0 Å². The number of carbonyl (C=O) groups is 2. The second-order valence-electron chi connectivity index (χ2n) is 5.55. The molecule has 0 saturated heterocycles. The van der Waals surface area contributed by atoms with Crippen molar-refractivity contribution in [3.8, 4) is 11.5 Å².